The monoisotopic (exact) mass is 282 g/mol. The summed E-state index contributed by atoms with van der Waals surface area (Å²) < 4.78 is 5.51. The summed E-state index contributed by atoms with van der Waals surface area (Å²) in [4.78, 5) is 15.2. The second-order valence-corrected chi connectivity index (χ2v) is 4.67. The molecule has 1 aromatic heterocycles. The van der Waals surface area contributed by atoms with Crippen molar-refractivity contribution in [1.29, 1.82) is 0 Å². The topological polar surface area (TPSA) is 75.4 Å². The van der Waals surface area contributed by atoms with Gasteiger partial charge in [-0.15, -0.1) is 0 Å². The number of hydrogen-bond donors (Lipinski definition) is 2. The molecule has 2 N–H and O–H groups in total. The molecule has 5 heteroatoms. The van der Waals surface area contributed by atoms with Crippen molar-refractivity contribution in [3.8, 4) is 0 Å². The fraction of sp³-hybridized carbons (Fsp3) is 0.125. The number of carboxylic acids is 1. The number of aromatic carboxylic acids is 1. The summed E-state index contributed by atoms with van der Waals surface area (Å²) in [6.45, 7) is 0.697. The van der Waals surface area contributed by atoms with E-state index < -0.39 is 5.97 Å². The van der Waals surface area contributed by atoms with Gasteiger partial charge in [-0.3, -0.25) is 0 Å². The van der Waals surface area contributed by atoms with Crippen molar-refractivity contribution in [1.82, 2.24) is 4.98 Å². The number of oxazole rings is 1. The van der Waals surface area contributed by atoms with Crippen LogP contribution < -0.4 is 5.32 Å². The Labute approximate surface area is 121 Å². The van der Waals surface area contributed by atoms with Gasteiger partial charge in [0, 0.05) is 6.54 Å². The predicted molar refractivity (Wildman–Crippen MR) is 79.6 cm³/mol. The number of nitrogens with one attached hydrogen (secondary N) is 1. The number of nitrogens with zero attached hydrogens (tertiary/aromatic N) is 1. The first-order valence-electron chi connectivity index (χ1n) is 6.64. The molecule has 0 atom stereocenters. The molecule has 0 saturated carbocycles. The second-order valence-electron chi connectivity index (χ2n) is 4.67. The van der Waals surface area contributed by atoms with Crippen LogP contribution in [0.5, 0.6) is 0 Å². The van der Waals surface area contributed by atoms with E-state index in [2.05, 4.69) is 22.4 Å². The highest BCUT2D eigenvalue weighted by Gasteiger charge is 2.09. The van der Waals surface area contributed by atoms with Crippen molar-refractivity contribution in [2.75, 3.05) is 11.9 Å². The van der Waals surface area contributed by atoms with Crippen molar-refractivity contribution in [2.24, 2.45) is 0 Å². The summed E-state index contributed by atoms with van der Waals surface area (Å²) in [6, 6.07) is 15.2. The molecule has 0 amide bonds. The van der Waals surface area contributed by atoms with E-state index in [9.17, 15) is 4.79 Å². The quantitative estimate of drug-likeness (QED) is 0.751. The van der Waals surface area contributed by atoms with Gasteiger partial charge in [0.2, 0.25) is 0 Å². The zero-order valence-corrected chi connectivity index (χ0v) is 11.2. The first-order chi connectivity index (χ1) is 10.2. The van der Waals surface area contributed by atoms with E-state index in [1.54, 1.807) is 6.07 Å². The molecule has 0 aliphatic rings. The average Bonchev–Trinajstić information content (AvgIpc) is 2.90. The van der Waals surface area contributed by atoms with Crippen LogP contribution in [0.15, 0.2) is 52.9 Å². The Kier molecular flexibility index (Phi) is 3.55. The second kappa shape index (κ2) is 5.66. The fourth-order valence-corrected chi connectivity index (χ4v) is 2.09. The number of rotatable bonds is 5. The predicted octanol–water partition coefficient (Wildman–Crippen LogP) is 3.18. The largest absolute Gasteiger partial charge is 0.478 e. The Hall–Kier alpha value is -2.82. The minimum atomic E-state index is -0.980. The minimum absolute atomic E-state index is 0.189. The molecule has 0 aliphatic heterocycles. The summed E-state index contributed by atoms with van der Waals surface area (Å²) in [5.41, 5.74) is 2.53. The molecule has 1 heterocycles. The van der Waals surface area contributed by atoms with Crippen molar-refractivity contribution in [3.63, 3.8) is 0 Å². The van der Waals surface area contributed by atoms with Gasteiger partial charge in [-0.1, -0.05) is 30.3 Å². The van der Waals surface area contributed by atoms with Crippen LogP contribution in [0.3, 0.4) is 0 Å². The lowest BCUT2D eigenvalue weighted by atomic mass is 10.1. The maximum Gasteiger partial charge on any atom is 0.335 e. The Balaban J connectivity index is 1.68. The third-order valence-electron chi connectivity index (χ3n) is 3.17. The van der Waals surface area contributed by atoms with E-state index in [4.69, 9.17) is 9.52 Å². The molecule has 0 aliphatic carbocycles. The molecule has 5 nitrogen and oxygen atoms in total. The number of carboxylic acid groups (broad SMARTS) is 1. The lowest BCUT2D eigenvalue weighted by molar-refractivity contribution is 0.0697. The number of carbonyl (C=O) groups is 1. The number of anilines is 1. The molecular weight excluding hydrogens is 268 g/mol. The minimum Gasteiger partial charge on any atom is -0.478 e. The van der Waals surface area contributed by atoms with Crippen LogP contribution in [0, 0.1) is 0 Å². The van der Waals surface area contributed by atoms with Crippen molar-refractivity contribution in [2.45, 2.75) is 6.42 Å². The van der Waals surface area contributed by atoms with Gasteiger partial charge in [-0.2, -0.15) is 4.98 Å². The third-order valence-corrected chi connectivity index (χ3v) is 3.17. The molecule has 0 bridgehead atoms. The maximum atomic E-state index is 10.9. The van der Waals surface area contributed by atoms with Crippen LogP contribution in [-0.2, 0) is 6.42 Å². The third kappa shape index (κ3) is 3.02. The Bertz CT molecular complexity index is 766. The van der Waals surface area contributed by atoms with E-state index in [-0.39, 0.29) is 5.56 Å². The Morgan fingerprint density at radius 1 is 1.19 bits per heavy atom. The molecule has 2 aromatic carbocycles. The standard InChI is InChI=1S/C16H14N2O3/c19-15(20)12-6-7-13-14(10-12)21-16(18-13)17-9-8-11-4-2-1-3-5-11/h1-7,10H,8-9H2,(H,17,18)(H,19,20). The van der Waals surface area contributed by atoms with Gasteiger partial charge in [0.1, 0.15) is 5.52 Å². The number of benzene rings is 2. The summed E-state index contributed by atoms with van der Waals surface area (Å²) in [5.74, 6) is -0.980. The Morgan fingerprint density at radius 2 is 2.00 bits per heavy atom. The highest BCUT2D eigenvalue weighted by atomic mass is 16.4. The van der Waals surface area contributed by atoms with E-state index in [1.807, 2.05) is 18.2 Å². The molecule has 0 unspecified atom stereocenters. The zero-order chi connectivity index (χ0) is 14.7. The van der Waals surface area contributed by atoms with Crippen molar-refractivity contribution in [3.05, 3.63) is 59.7 Å². The number of aromatic nitrogens is 1. The molecule has 0 spiro atoms. The van der Waals surface area contributed by atoms with Gasteiger partial charge in [0.15, 0.2) is 5.58 Å². The molecule has 3 rings (SSSR count). The summed E-state index contributed by atoms with van der Waals surface area (Å²) in [7, 11) is 0. The first-order valence-corrected chi connectivity index (χ1v) is 6.64. The van der Waals surface area contributed by atoms with Gasteiger partial charge in [-0.05, 0) is 30.2 Å². The van der Waals surface area contributed by atoms with Crippen LogP contribution in [0.25, 0.3) is 11.1 Å². The summed E-state index contributed by atoms with van der Waals surface area (Å²) in [5, 5.41) is 12.0. The molecule has 0 radical (unpaired) electrons. The van der Waals surface area contributed by atoms with Crippen LogP contribution in [0.2, 0.25) is 0 Å². The number of hydrogen-bond acceptors (Lipinski definition) is 4. The van der Waals surface area contributed by atoms with E-state index in [0.717, 1.165) is 6.42 Å². The zero-order valence-electron chi connectivity index (χ0n) is 11.2. The molecule has 0 fully saturated rings. The highest BCUT2D eigenvalue weighted by molar-refractivity contribution is 5.92. The van der Waals surface area contributed by atoms with E-state index >= 15 is 0 Å². The van der Waals surface area contributed by atoms with Crippen LogP contribution >= 0.6 is 0 Å². The van der Waals surface area contributed by atoms with Crippen LogP contribution in [0.4, 0.5) is 6.01 Å². The lowest BCUT2D eigenvalue weighted by Crippen LogP contribution is -2.04. The van der Waals surface area contributed by atoms with Crippen molar-refractivity contribution >= 4 is 23.1 Å². The first kappa shape index (κ1) is 13.2. The van der Waals surface area contributed by atoms with Gasteiger partial charge < -0.3 is 14.8 Å². The van der Waals surface area contributed by atoms with Crippen LogP contribution in [0.1, 0.15) is 15.9 Å². The van der Waals surface area contributed by atoms with E-state index in [1.165, 1.54) is 17.7 Å². The normalized spacial score (nSPS) is 10.7. The molecular formula is C16H14N2O3. The van der Waals surface area contributed by atoms with Crippen molar-refractivity contribution < 1.29 is 14.3 Å². The number of fused-ring (bicyclic) bond motifs is 1. The molecule has 3 aromatic rings. The maximum absolute atomic E-state index is 10.9. The average molecular weight is 282 g/mol. The SMILES string of the molecule is O=C(O)c1ccc2nc(NCCc3ccccc3)oc2c1. The summed E-state index contributed by atoms with van der Waals surface area (Å²) >= 11 is 0. The van der Waals surface area contributed by atoms with E-state index in [0.29, 0.717) is 23.7 Å². The van der Waals surface area contributed by atoms with Crippen LogP contribution in [-0.4, -0.2) is 22.6 Å². The van der Waals surface area contributed by atoms with Gasteiger partial charge >= 0.3 is 5.97 Å². The molecule has 21 heavy (non-hydrogen) atoms. The Morgan fingerprint density at radius 3 is 2.76 bits per heavy atom. The van der Waals surface area contributed by atoms with Gasteiger partial charge in [0.25, 0.3) is 6.01 Å². The fourth-order valence-electron chi connectivity index (χ4n) is 2.09. The summed E-state index contributed by atoms with van der Waals surface area (Å²) in [6.07, 6.45) is 0.861. The smallest absolute Gasteiger partial charge is 0.335 e. The van der Waals surface area contributed by atoms with Gasteiger partial charge in [-0.25, -0.2) is 4.79 Å². The highest BCUT2D eigenvalue weighted by Crippen LogP contribution is 2.20. The molecule has 106 valence electrons. The molecule has 0 saturated heterocycles. The lowest BCUT2D eigenvalue weighted by Gasteiger charge is -2.01. The van der Waals surface area contributed by atoms with Gasteiger partial charge in [0.05, 0.1) is 5.56 Å².